The lowest BCUT2D eigenvalue weighted by atomic mass is 9.96. The highest BCUT2D eigenvalue weighted by Gasteiger charge is 2.45. The number of halogens is 2. The minimum atomic E-state index is -4.42. The largest absolute Gasteiger partial charge is 0.497 e. The van der Waals surface area contributed by atoms with Gasteiger partial charge in [-0.1, -0.05) is 37.0 Å². The molecule has 3 rings (SSSR count). The maximum atomic E-state index is 13.1. The zero-order valence-electron chi connectivity index (χ0n) is 19.4. The van der Waals surface area contributed by atoms with E-state index in [1.165, 1.54) is 13.2 Å². The number of rotatable bonds is 8. The van der Waals surface area contributed by atoms with Crippen molar-refractivity contribution < 1.29 is 45.8 Å². The van der Waals surface area contributed by atoms with Gasteiger partial charge in [-0.2, -0.15) is 12.7 Å². The van der Waals surface area contributed by atoms with E-state index >= 15 is 0 Å². The summed E-state index contributed by atoms with van der Waals surface area (Å²) >= 11 is 12.2. The van der Waals surface area contributed by atoms with E-state index in [4.69, 9.17) is 37.8 Å². The van der Waals surface area contributed by atoms with Gasteiger partial charge in [-0.3, -0.25) is 14.9 Å². The lowest BCUT2D eigenvalue weighted by molar-refractivity contribution is -0.140. The van der Waals surface area contributed by atoms with Gasteiger partial charge in [0.05, 0.1) is 45.8 Å². The summed E-state index contributed by atoms with van der Waals surface area (Å²) in [6, 6.07) is 1.29. The first-order valence-electron chi connectivity index (χ1n) is 10.4. The number of carbonyl (C=O) groups excluding carboxylic acids is 2. The Labute approximate surface area is 223 Å². The molecule has 2 N–H and O–H groups in total. The molecule has 0 bridgehead atoms. The van der Waals surface area contributed by atoms with Crippen molar-refractivity contribution in [3.05, 3.63) is 45.0 Å². The molecule has 1 aliphatic carbocycles. The summed E-state index contributed by atoms with van der Waals surface area (Å²) in [5, 5.41) is 10.3. The molecule has 0 aromatic heterocycles. The van der Waals surface area contributed by atoms with E-state index < -0.39 is 78.0 Å². The fourth-order valence-corrected chi connectivity index (χ4v) is 6.59. The number of esters is 1. The van der Waals surface area contributed by atoms with Crippen LogP contribution in [0, 0.1) is 0 Å². The number of nitrogens with one attached hydrogen (secondary N) is 1. The number of nitrogens with zero attached hydrogens (tertiary/aromatic N) is 1. The van der Waals surface area contributed by atoms with Crippen molar-refractivity contribution >= 4 is 66.2 Å². The second kappa shape index (κ2) is 10.8. The van der Waals surface area contributed by atoms with Crippen LogP contribution in [0.1, 0.15) is 35.7 Å². The van der Waals surface area contributed by atoms with E-state index in [2.05, 4.69) is 5.32 Å². The summed E-state index contributed by atoms with van der Waals surface area (Å²) in [4.78, 5) is 36.1. The molecule has 37 heavy (non-hydrogen) atoms. The van der Waals surface area contributed by atoms with E-state index in [0.29, 0.717) is 9.87 Å². The van der Waals surface area contributed by atoms with Crippen molar-refractivity contribution in [3.63, 3.8) is 0 Å². The van der Waals surface area contributed by atoms with Gasteiger partial charge in [-0.25, -0.2) is 13.2 Å². The molecule has 16 heteroatoms. The topological polar surface area (TPSA) is 173 Å². The Bertz CT molecular complexity index is 1500. The van der Waals surface area contributed by atoms with Gasteiger partial charge >= 0.3 is 11.9 Å². The highest BCUT2D eigenvalue weighted by atomic mass is 35.5. The van der Waals surface area contributed by atoms with Crippen LogP contribution in [0.15, 0.2) is 38.7 Å². The van der Waals surface area contributed by atoms with Gasteiger partial charge in [-0.15, -0.1) is 0 Å². The lowest BCUT2D eigenvalue weighted by Crippen LogP contribution is -2.42. The van der Waals surface area contributed by atoms with Crippen LogP contribution in [0.5, 0.6) is 5.75 Å². The SMILES string of the molecule is COc1cc(C(C)C)c2c(c1)S(=O)(=O)N(COC(=O)C1=C(Cl)C(NCC(=O)O)C(=S(=O)=O)C=C1Cl)C2=O. The van der Waals surface area contributed by atoms with Gasteiger partial charge in [0.1, 0.15) is 10.6 Å². The molecule has 1 unspecified atom stereocenters. The van der Waals surface area contributed by atoms with Crippen molar-refractivity contribution in [1.82, 2.24) is 9.62 Å². The number of carboxylic acid groups (broad SMARTS) is 1. The van der Waals surface area contributed by atoms with Gasteiger partial charge in [0.2, 0.25) is 10.3 Å². The zero-order valence-corrected chi connectivity index (χ0v) is 22.6. The van der Waals surface area contributed by atoms with Crippen LogP contribution in [0.3, 0.4) is 0 Å². The maximum Gasteiger partial charge on any atom is 0.342 e. The second-order valence-corrected chi connectivity index (χ2v) is 11.6. The van der Waals surface area contributed by atoms with Crippen molar-refractivity contribution in [2.75, 3.05) is 20.4 Å². The molecule has 1 aromatic rings. The minimum Gasteiger partial charge on any atom is -0.497 e. The van der Waals surface area contributed by atoms with Gasteiger partial charge in [0.25, 0.3) is 15.9 Å². The van der Waals surface area contributed by atoms with Crippen LogP contribution < -0.4 is 10.1 Å². The Morgan fingerprint density at radius 1 is 1.24 bits per heavy atom. The van der Waals surface area contributed by atoms with Crippen molar-refractivity contribution in [2.45, 2.75) is 30.7 Å². The highest BCUT2D eigenvalue weighted by Crippen LogP contribution is 2.39. The minimum absolute atomic E-state index is 0.0743. The molecule has 12 nitrogen and oxygen atoms in total. The molecule has 0 radical (unpaired) electrons. The molecule has 0 fully saturated rings. The number of methoxy groups -OCH3 is 1. The number of aliphatic carboxylic acids is 1. The Morgan fingerprint density at radius 2 is 1.89 bits per heavy atom. The summed E-state index contributed by atoms with van der Waals surface area (Å²) in [6.07, 6.45) is 0.876. The smallest absolute Gasteiger partial charge is 0.342 e. The van der Waals surface area contributed by atoms with E-state index in [9.17, 15) is 31.2 Å². The van der Waals surface area contributed by atoms with E-state index in [1.54, 1.807) is 19.9 Å². The average molecular weight is 595 g/mol. The first-order valence-corrected chi connectivity index (χ1v) is 13.6. The number of amides is 1. The number of benzene rings is 1. The number of carboxylic acids is 1. The third kappa shape index (κ3) is 5.38. The number of hydrogen-bond acceptors (Lipinski definition) is 10. The predicted molar refractivity (Wildman–Crippen MR) is 132 cm³/mol. The molecule has 0 saturated heterocycles. The number of carbonyl (C=O) groups is 3. The molecule has 1 amide bonds. The molecule has 2 aliphatic rings. The van der Waals surface area contributed by atoms with E-state index in [1.807, 2.05) is 0 Å². The molecule has 1 atom stereocenters. The Kier molecular flexibility index (Phi) is 8.39. The summed E-state index contributed by atoms with van der Waals surface area (Å²) < 4.78 is 59.9. The first kappa shape index (κ1) is 28.7. The van der Waals surface area contributed by atoms with Gasteiger partial charge in [0, 0.05) is 6.07 Å². The lowest BCUT2D eigenvalue weighted by Gasteiger charge is -2.23. The van der Waals surface area contributed by atoms with Crippen LogP contribution in [-0.2, 0) is 34.6 Å². The van der Waals surface area contributed by atoms with Crippen LogP contribution >= 0.6 is 23.2 Å². The first-order chi connectivity index (χ1) is 17.2. The number of hydrogen-bond donors (Lipinski definition) is 2. The van der Waals surface area contributed by atoms with Crippen molar-refractivity contribution in [3.8, 4) is 5.75 Å². The zero-order chi connectivity index (χ0) is 27.8. The molecule has 1 aliphatic heterocycles. The fraction of sp³-hybridized carbons (Fsp3) is 0.333. The van der Waals surface area contributed by atoms with Gasteiger partial charge in [0.15, 0.2) is 6.73 Å². The summed E-state index contributed by atoms with van der Waals surface area (Å²) in [7, 11) is -5.96. The fourth-order valence-electron chi connectivity index (χ4n) is 3.67. The Balaban J connectivity index is 1.94. The normalized spacial score (nSPS) is 18.6. The Morgan fingerprint density at radius 3 is 2.43 bits per heavy atom. The standard InChI is InChI=1S/C21H20Cl2N2O10S2/c1-9(2)11-4-10(34-3)5-14-16(11)20(28)25(37(14,32)33)8-35-21(29)17-12(22)6-13(36(30)31)19(18(17)23)24-7-15(26)27/h4-6,9,19,24H,7-8H2,1-3H3,(H,26,27). The van der Waals surface area contributed by atoms with E-state index in [0.717, 1.165) is 6.08 Å². The maximum absolute atomic E-state index is 13.1. The van der Waals surface area contributed by atoms with Crippen molar-refractivity contribution in [1.29, 1.82) is 0 Å². The summed E-state index contributed by atoms with van der Waals surface area (Å²) in [5.74, 6) is -3.55. The molecule has 1 aromatic carbocycles. The van der Waals surface area contributed by atoms with Crippen LogP contribution in [0.2, 0.25) is 0 Å². The second-order valence-electron chi connectivity index (χ2n) is 8.02. The van der Waals surface area contributed by atoms with E-state index in [-0.39, 0.29) is 22.1 Å². The molecule has 0 saturated carbocycles. The van der Waals surface area contributed by atoms with Gasteiger partial charge in [-0.05, 0) is 23.6 Å². The predicted octanol–water partition coefficient (Wildman–Crippen LogP) is 1.19. The van der Waals surface area contributed by atoms with Crippen LogP contribution in [0.25, 0.3) is 0 Å². The van der Waals surface area contributed by atoms with Gasteiger partial charge < -0.3 is 14.6 Å². The summed E-state index contributed by atoms with van der Waals surface area (Å²) in [6.45, 7) is 1.77. The molecule has 1 heterocycles. The number of fused-ring (bicyclic) bond motifs is 1. The monoisotopic (exact) mass is 594 g/mol. The number of sulfonamides is 1. The molecule has 0 spiro atoms. The third-order valence-corrected chi connectivity index (χ3v) is 8.60. The third-order valence-electron chi connectivity index (χ3n) is 5.42. The molecular formula is C21H20Cl2N2O10S2. The van der Waals surface area contributed by atoms with Crippen LogP contribution in [0.4, 0.5) is 0 Å². The number of ether oxygens (including phenoxy) is 2. The van der Waals surface area contributed by atoms with Crippen LogP contribution in [-0.4, -0.2) is 75.4 Å². The Hall–Kier alpha value is -2.91. The quantitative estimate of drug-likeness (QED) is 0.326. The summed E-state index contributed by atoms with van der Waals surface area (Å²) in [5.41, 5.74) is -0.192. The van der Waals surface area contributed by atoms with Crippen molar-refractivity contribution in [2.24, 2.45) is 0 Å². The highest BCUT2D eigenvalue weighted by molar-refractivity contribution is 7.90. The molecular weight excluding hydrogens is 575 g/mol. The average Bonchev–Trinajstić information content (AvgIpc) is 3.00. The molecule has 200 valence electrons.